The van der Waals surface area contributed by atoms with E-state index >= 15 is 0 Å². The molecule has 0 aromatic heterocycles. The zero-order valence-corrected chi connectivity index (χ0v) is 10.7. The molecule has 2 aliphatic heterocycles. The minimum absolute atomic E-state index is 0. The van der Waals surface area contributed by atoms with E-state index < -0.39 is 0 Å². The van der Waals surface area contributed by atoms with Gasteiger partial charge in [-0.25, -0.2) is 0 Å². The average Bonchev–Trinajstić information content (AvgIpc) is 2.26. The van der Waals surface area contributed by atoms with Crippen LogP contribution in [0.2, 0.25) is 0 Å². The van der Waals surface area contributed by atoms with E-state index in [0.717, 1.165) is 38.6 Å². The highest BCUT2D eigenvalue weighted by Gasteiger charge is 2.27. The third-order valence-electron chi connectivity index (χ3n) is 3.58. The SMILES string of the molecule is CC1C(=O)NCCN1CC1CCNCC1.Cl. The topological polar surface area (TPSA) is 44.4 Å². The lowest BCUT2D eigenvalue weighted by molar-refractivity contribution is -0.128. The Morgan fingerprint density at radius 3 is 2.69 bits per heavy atom. The molecule has 5 heteroatoms. The van der Waals surface area contributed by atoms with Gasteiger partial charge >= 0.3 is 0 Å². The fraction of sp³-hybridized carbons (Fsp3) is 0.909. The summed E-state index contributed by atoms with van der Waals surface area (Å²) in [6, 6.07) is 0.0636. The third kappa shape index (κ3) is 3.34. The second-order valence-electron chi connectivity index (χ2n) is 4.66. The van der Waals surface area contributed by atoms with Gasteiger partial charge in [0, 0.05) is 19.6 Å². The Morgan fingerprint density at radius 1 is 1.31 bits per heavy atom. The van der Waals surface area contributed by atoms with Crippen LogP contribution < -0.4 is 10.6 Å². The van der Waals surface area contributed by atoms with E-state index in [1.807, 2.05) is 6.92 Å². The van der Waals surface area contributed by atoms with E-state index in [9.17, 15) is 4.79 Å². The van der Waals surface area contributed by atoms with Crippen LogP contribution >= 0.6 is 12.4 Å². The summed E-state index contributed by atoms with van der Waals surface area (Å²) in [5, 5.41) is 6.28. The van der Waals surface area contributed by atoms with Crippen molar-refractivity contribution >= 4 is 18.3 Å². The van der Waals surface area contributed by atoms with Gasteiger partial charge in [-0.1, -0.05) is 0 Å². The lowest BCUT2D eigenvalue weighted by atomic mass is 9.96. The number of hydrogen-bond donors (Lipinski definition) is 2. The Kier molecular flexibility index (Phi) is 5.52. The van der Waals surface area contributed by atoms with Crippen LogP contribution in [0.5, 0.6) is 0 Å². The second kappa shape index (κ2) is 6.42. The van der Waals surface area contributed by atoms with E-state index in [1.54, 1.807) is 0 Å². The summed E-state index contributed by atoms with van der Waals surface area (Å²) in [6.45, 7) is 7.20. The van der Waals surface area contributed by atoms with Crippen LogP contribution in [-0.4, -0.2) is 49.6 Å². The summed E-state index contributed by atoms with van der Waals surface area (Å²) in [7, 11) is 0. The van der Waals surface area contributed by atoms with Gasteiger partial charge in [-0.2, -0.15) is 0 Å². The zero-order valence-electron chi connectivity index (χ0n) is 9.87. The van der Waals surface area contributed by atoms with Crippen LogP contribution in [0.4, 0.5) is 0 Å². The number of piperazine rings is 1. The van der Waals surface area contributed by atoms with Gasteiger partial charge in [-0.15, -0.1) is 12.4 Å². The number of piperidine rings is 1. The zero-order chi connectivity index (χ0) is 10.7. The molecule has 0 saturated carbocycles. The molecule has 2 fully saturated rings. The molecule has 0 bridgehead atoms. The highest BCUT2D eigenvalue weighted by Crippen LogP contribution is 2.15. The molecule has 2 saturated heterocycles. The van der Waals surface area contributed by atoms with Crippen molar-refractivity contribution in [3.63, 3.8) is 0 Å². The number of hydrogen-bond acceptors (Lipinski definition) is 3. The molecule has 1 atom stereocenters. The van der Waals surface area contributed by atoms with E-state index in [0.29, 0.717) is 0 Å². The molecule has 1 unspecified atom stereocenters. The molecule has 94 valence electrons. The van der Waals surface area contributed by atoms with Crippen LogP contribution in [0.15, 0.2) is 0 Å². The third-order valence-corrected chi connectivity index (χ3v) is 3.58. The van der Waals surface area contributed by atoms with Crippen molar-refractivity contribution in [3.05, 3.63) is 0 Å². The number of nitrogens with zero attached hydrogens (tertiary/aromatic N) is 1. The predicted octanol–water partition coefficient (Wildman–Crippen LogP) is 0.228. The Hall–Kier alpha value is -0.320. The minimum atomic E-state index is 0. The van der Waals surface area contributed by atoms with Crippen molar-refractivity contribution in [3.8, 4) is 0 Å². The summed E-state index contributed by atoms with van der Waals surface area (Å²) < 4.78 is 0. The van der Waals surface area contributed by atoms with Crippen molar-refractivity contribution in [2.75, 3.05) is 32.7 Å². The van der Waals surface area contributed by atoms with Gasteiger partial charge in [0.1, 0.15) is 0 Å². The van der Waals surface area contributed by atoms with Crippen molar-refractivity contribution < 1.29 is 4.79 Å². The van der Waals surface area contributed by atoms with Crippen molar-refractivity contribution in [2.45, 2.75) is 25.8 Å². The van der Waals surface area contributed by atoms with Gasteiger partial charge in [-0.05, 0) is 38.8 Å². The Morgan fingerprint density at radius 2 is 2.00 bits per heavy atom. The molecule has 16 heavy (non-hydrogen) atoms. The minimum Gasteiger partial charge on any atom is -0.353 e. The second-order valence-corrected chi connectivity index (χ2v) is 4.66. The first-order valence-corrected chi connectivity index (χ1v) is 6.00. The van der Waals surface area contributed by atoms with Crippen LogP contribution in [0.1, 0.15) is 19.8 Å². The Labute approximate surface area is 104 Å². The first-order valence-electron chi connectivity index (χ1n) is 6.00. The summed E-state index contributed by atoms with van der Waals surface area (Å²) in [5.74, 6) is 0.967. The van der Waals surface area contributed by atoms with E-state index in [1.165, 1.54) is 12.8 Å². The fourth-order valence-electron chi connectivity index (χ4n) is 2.48. The quantitative estimate of drug-likeness (QED) is 0.734. The van der Waals surface area contributed by atoms with Gasteiger partial charge in [-0.3, -0.25) is 9.69 Å². The van der Waals surface area contributed by atoms with Crippen molar-refractivity contribution in [2.24, 2.45) is 5.92 Å². The maximum atomic E-state index is 11.5. The van der Waals surface area contributed by atoms with Crippen LogP contribution in [0.25, 0.3) is 0 Å². The first-order chi connectivity index (χ1) is 7.27. The molecule has 2 rings (SSSR count). The molecule has 0 spiro atoms. The van der Waals surface area contributed by atoms with Gasteiger partial charge in [0.25, 0.3) is 0 Å². The smallest absolute Gasteiger partial charge is 0.237 e. The van der Waals surface area contributed by atoms with Gasteiger partial charge in [0.05, 0.1) is 6.04 Å². The summed E-state index contributed by atoms with van der Waals surface area (Å²) >= 11 is 0. The van der Waals surface area contributed by atoms with E-state index in [2.05, 4.69) is 15.5 Å². The molecule has 0 radical (unpaired) electrons. The summed E-state index contributed by atoms with van der Waals surface area (Å²) in [4.78, 5) is 13.8. The molecule has 2 heterocycles. The normalized spacial score (nSPS) is 28.3. The van der Waals surface area contributed by atoms with Crippen LogP contribution in [0.3, 0.4) is 0 Å². The highest BCUT2D eigenvalue weighted by molar-refractivity contribution is 5.85. The van der Waals surface area contributed by atoms with Crippen LogP contribution in [-0.2, 0) is 4.79 Å². The maximum Gasteiger partial charge on any atom is 0.237 e. The fourth-order valence-corrected chi connectivity index (χ4v) is 2.48. The lowest BCUT2D eigenvalue weighted by Crippen LogP contribution is -2.55. The lowest BCUT2D eigenvalue weighted by Gasteiger charge is -2.36. The summed E-state index contributed by atoms with van der Waals surface area (Å²) in [5.41, 5.74) is 0. The molecule has 1 amide bonds. The molecule has 2 N–H and O–H groups in total. The molecule has 0 aromatic rings. The molecule has 2 aliphatic rings. The average molecular weight is 248 g/mol. The number of halogens is 1. The Balaban J connectivity index is 0.00000128. The highest BCUT2D eigenvalue weighted by atomic mass is 35.5. The largest absolute Gasteiger partial charge is 0.353 e. The number of carbonyl (C=O) groups is 1. The monoisotopic (exact) mass is 247 g/mol. The molecular weight excluding hydrogens is 226 g/mol. The number of rotatable bonds is 2. The van der Waals surface area contributed by atoms with Crippen LogP contribution in [0, 0.1) is 5.92 Å². The molecular formula is C11H22ClN3O. The first kappa shape index (κ1) is 13.7. The van der Waals surface area contributed by atoms with E-state index in [-0.39, 0.29) is 24.4 Å². The van der Waals surface area contributed by atoms with Crippen molar-refractivity contribution in [1.82, 2.24) is 15.5 Å². The summed E-state index contributed by atoms with van der Waals surface area (Å²) in [6.07, 6.45) is 2.51. The predicted molar refractivity (Wildman–Crippen MR) is 66.9 cm³/mol. The Bertz CT molecular complexity index is 231. The van der Waals surface area contributed by atoms with Gasteiger partial charge in [0.15, 0.2) is 0 Å². The van der Waals surface area contributed by atoms with Crippen molar-refractivity contribution in [1.29, 1.82) is 0 Å². The van der Waals surface area contributed by atoms with Gasteiger partial charge < -0.3 is 10.6 Å². The number of amides is 1. The van der Waals surface area contributed by atoms with E-state index in [4.69, 9.17) is 0 Å². The maximum absolute atomic E-state index is 11.5. The number of nitrogens with one attached hydrogen (secondary N) is 2. The molecule has 0 aromatic carbocycles. The van der Waals surface area contributed by atoms with Gasteiger partial charge in [0.2, 0.25) is 5.91 Å². The molecule has 4 nitrogen and oxygen atoms in total. The standard InChI is InChI=1S/C11H21N3O.ClH/c1-9-11(15)13-6-7-14(9)8-10-2-4-12-5-3-10;/h9-10,12H,2-8H2,1H3,(H,13,15);1H. The molecule has 0 aliphatic carbocycles. The number of carbonyl (C=O) groups excluding carboxylic acids is 1.